The van der Waals surface area contributed by atoms with E-state index in [0.717, 1.165) is 47.6 Å². The molecule has 0 spiro atoms. The maximum atomic E-state index is 11.4. The van der Waals surface area contributed by atoms with Crippen molar-refractivity contribution in [3.63, 3.8) is 0 Å². The van der Waals surface area contributed by atoms with Gasteiger partial charge in [0.2, 0.25) is 0 Å². The van der Waals surface area contributed by atoms with E-state index in [1.807, 2.05) is 24.3 Å². The maximum absolute atomic E-state index is 11.4. The molecule has 0 heterocycles. The monoisotopic (exact) mass is 982 g/mol. The number of hydrogen-bond acceptors (Lipinski definition) is 19. The minimum absolute atomic E-state index is 0. The second kappa shape index (κ2) is 29.4. The van der Waals surface area contributed by atoms with Crippen LogP contribution in [0.2, 0.25) is 0 Å². The molecule has 0 aliphatic heterocycles. The van der Waals surface area contributed by atoms with Crippen LogP contribution in [0.25, 0.3) is 11.1 Å². The van der Waals surface area contributed by atoms with Crippen LogP contribution in [0, 0.1) is 0 Å². The van der Waals surface area contributed by atoms with Crippen molar-refractivity contribution in [1.29, 1.82) is 0 Å². The molecular weight excluding hydrogens is 938 g/mol. The third kappa shape index (κ3) is 17.5. The van der Waals surface area contributed by atoms with Crippen molar-refractivity contribution in [1.82, 2.24) is 0 Å². The van der Waals surface area contributed by atoms with E-state index in [0.29, 0.717) is 25.7 Å². The molecular formula is C39H45KLiNaO19S3. The van der Waals surface area contributed by atoms with Crippen molar-refractivity contribution in [3.05, 3.63) is 95.6 Å². The number of hydrogen-bond donors (Lipinski definition) is 5. The zero-order chi connectivity index (χ0) is 45.4. The van der Waals surface area contributed by atoms with Gasteiger partial charge in [-0.05, 0) is 90.4 Å². The fourth-order valence-electron chi connectivity index (χ4n) is 6.46. The van der Waals surface area contributed by atoms with E-state index in [4.69, 9.17) is 29.5 Å². The Morgan fingerprint density at radius 3 is 1.56 bits per heavy atom. The SMILES string of the molecule is COC(=O)c1ccc(OCCO)c(S(=O)(=O)[O-])c1.O=S(=O)([O-])c1cc(OCCO)ccc1OCCO.O=S(=O)([O-])c1ccc2c(c1)-c1ccccc1C2(CCCO)CCCO.[K+].[Li+].[Na+]. The Morgan fingerprint density at radius 2 is 1.08 bits per heavy atom. The van der Waals surface area contributed by atoms with Crippen molar-refractivity contribution in [2.24, 2.45) is 0 Å². The zero-order valence-electron chi connectivity index (χ0n) is 35.7. The van der Waals surface area contributed by atoms with Gasteiger partial charge < -0.3 is 58.1 Å². The molecule has 0 saturated heterocycles. The fraction of sp³-hybridized carbons (Fsp3) is 0.359. The van der Waals surface area contributed by atoms with E-state index < -0.39 is 46.1 Å². The molecule has 25 heteroatoms. The number of methoxy groups -OCH3 is 1. The molecule has 1 aliphatic rings. The Labute approximate surface area is 448 Å². The summed E-state index contributed by atoms with van der Waals surface area (Å²) >= 11 is 0. The van der Waals surface area contributed by atoms with Crippen molar-refractivity contribution < 1.29 is 188 Å². The molecule has 5 rings (SSSR count). The van der Waals surface area contributed by atoms with E-state index in [1.165, 1.54) is 30.3 Å². The van der Waals surface area contributed by atoms with E-state index in [9.17, 15) is 53.9 Å². The van der Waals surface area contributed by atoms with Crippen LogP contribution in [-0.2, 0) is 40.5 Å². The first-order valence-electron chi connectivity index (χ1n) is 18.2. The van der Waals surface area contributed by atoms with Crippen molar-refractivity contribution in [2.75, 3.05) is 60.0 Å². The number of fused-ring (bicyclic) bond motifs is 3. The standard InChI is InChI=1S/C19H22O5S.C10H12O7S.C10H14O7S.K.Li.Na/c20-11-3-9-19(10-4-12-21)17-6-2-1-5-15(17)16-13-14(25(22,23)24)7-8-18(16)19;1-16-10(12)7-2-3-8(17-5-4-11)9(6-7)18(13,14)15;11-3-5-16-8-1-2-9(17-6-4-12)10(7-8)18(13,14)15;;;/h1-2,5-8,13,20-21H,3-4,9-12H2,(H,22,23,24);2-3,6,11H,4-5H2,1H3,(H,13,14,15);1-2,7,11-12H,3-6H2,(H,13,14,15);;;/q;;;3*+1/p-3. The third-order valence-electron chi connectivity index (χ3n) is 8.93. The number of aliphatic hydroxyl groups excluding tert-OH is 5. The quantitative estimate of drug-likeness (QED) is 0.0331. The minimum Gasteiger partial charge on any atom is -0.744 e. The molecule has 19 nitrogen and oxygen atoms in total. The summed E-state index contributed by atoms with van der Waals surface area (Å²) in [7, 11) is -12.9. The van der Waals surface area contributed by atoms with Gasteiger partial charge in [0.25, 0.3) is 0 Å². The molecule has 5 N–H and O–H groups in total. The zero-order valence-corrected chi connectivity index (χ0v) is 43.2. The molecule has 0 aromatic heterocycles. The van der Waals surface area contributed by atoms with Crippen LogP contribution in [0.1, 0.15) is 47.2 Å². The second-order valence-corrected chi connectivity index (χ2v) is 16.9. The molecule has 336 valence electrons. The minimum atomic E-state index is -4.79. The Morgan fingerprint density at radius 1 is 0.594 bits per heavy atom. The van der Waals surface area contributed by atoms with Crippen molar-refractivity contribution in [3.8, 4) is 28.4 Å². The number of aliphatic hydroxyl groups is 5. The number of carbonyl (C=O) groups is 1. The molecule has 0 amide bonds. The molecule has 0 bridgehead atoms. The summed E-state index contributed by atoms with van der Waals surface area (Å²) in [6, 6.07) is 19.3. The summed E-state index contributed by atoms with van der Waals surface area (Å²) in [6.45, 7) is -1.06. The normalized spacial score (nSPS) is 12.1. The van der Waals surface area contributed by atoms with Crippen LogP contribution in [0.4, 0.5) is 0 Å². The molecule has 64 heavy (non-hydrogen) atoms. The Bertz CT molecular complexity index is 2430. The van der Waals surface area contributed by atoms with Crippen molar-refractivity contribution in [2.45, 2.75) is 45.8 Å². The van der Waals surface area contributed by atoms with Gasteiger partial charge in [0, 0.05) is 24.7 Å². The van der Waals surface area contributed by atoms with Gasteiger partial charge in [0.15, 0.2) is 0 Å². The number of carbonyl (C=O) groups excluding carboxylic acids is 1. The average Bonchev–Trinajstić information content (AvgIpc) is 3.50. The predicted octanol–water partition coefficient (Wildman–Crippen LogP) is -7.50. The van der Waals surface area contributed by atoms with E-state index in [-0.39, 0.29) is 186 Å². The third-order valence-corrected chi connectivity index (χ3v) is 11.5. The first kappa shape index (κ1) is 62.5. The van der Waals surface area contributed by atoms with Crippen LogP contribution in [-0.4, -0.2) is 130 Å². The van der Waals surface area contributed by atoms with Gasteiger partial charge in [0.1, 0.15) is 67.4 Å². The van der Waals surface area contributed by atoms with Crippen molar-refractivity contribution >= 4 is 36.3 Å². The van der Waals surface area contributed by atoms with E-state index in [1.54, 1.807) is 6.07 Å². The topological polar surface area (TPSA) is 327 Å². The van der Waals surface area contributed by atoms with Gasteiger partial charge in [-0.3, -0.25) is 0 Å². The first-order chi connectivity index (χ1) is 28.8. The Balaban J connectivity index is 0.000000929. The summed E-state index contributed by atoms with van der Waals surface area (Å²) in [5.74, 6) is -0.995. The first-order valence-corrected chi connectivity index (χ1v) is 22.5. The molecule has 0 atom stereocenters. The predicted molar refractivity (Wildman–Crippen MR) is 211 cm³/mol. The summed E-state index contributed by atoms with van der Waals surface area (Å²) in [5, 5.41) is 44.4. The molecule has 0 unspecified atom stereocenters. The number of ether oxygens (including phenoxy) is 4. The molecule has 4 aromatic rings. The summed E-state index contributed by atoms with van der Waals surface area (Å²) in [6.07, 6.45) is 2.58. The van der Waals surface area contributed by atoms with Crippen LogP contribution in [0.5, 0.6) is 17.2 Å². The van der Waals surface area contributed by atoms with Crippen LogP contribution >= 0.6 is 0 Å². The second-order valence-electron chi connectivity index (χ2n) is 12.8. The fourth-order valence-corrected chi connectivity index (χ4v) is 8.24. The Kier molecular flexibility index (Phi) is 28.7. The molecule has 4 aromatic carbocycles. The van der Waals surface area contributed by atoms with Gasteiger partial charge in [-0.25, -0.2) is 30.0 Å². The smallest absolute Gasteiger partial charge is 0.744 e. The number of benzene rings is 4. The van der Waals surface area contributed by atoms with Gasteiger partial charge in [-0.1, -0.05) is 30.3 Å². The largest absolute Gasteiger partial charge is 1.00 e. The summed E-state index contributed by atoms with van der Waals surface area (Å²) in [4.78, 5) is 9.75. The Hall–Kier alpha value is -1.49. The van der Waals surface area contributed by atoms with Gasteiger partial charge in [-0.15, -0.1) is 0 Å². The van der Waals surface area contributed by atoms with Crippen LogP contribution in [0.3, 0.4) is 0 Å². The number of rotatable bonds is 19. The van der Waals surface area contributed by atoms with Gasteiger partial charge >= 0.3 is 106 Å². The van der Waals surface area contributed by atoms with Crippen LogP contribution < -0.4 is 114 Å². The number of esters is 1. The maximum Gasteiger partial charge on any atom is 1.00 e. The van der Waals surface area contributed by atoms with E-state index in [2.05, 4.69) is 4.74 Å². The summed E-state index contributed by atoms with van der Waals surface area (Å²) < 4.78 is 120. The molecule has 0 saturated carbocycles. The van der Waals surface area contributed by atoms with Gasteiger partial charge in [0.05, 0.1) is 47.2 Å². The van der Waals surface area contributed by atoms with E-state index >= 15 is 0 Å². The van der Waals surface area contributed by atoms with Gasteiger partial charge in [-0.2, -0.15) is 0 Å². The summed E-state index contributed by atoms with van der Waals surface area (Å²) in [5.41, 5.74) is 3.23. The molecule has 1 aliphatic carbocycles. The molecule has 0 radical (unpaired) electrons. The van der Waals surface area contributed by atoms with Crippen LogP contribution in [0.15, 0.2) is 93.5 Å². The molecule has 0 fully saturated rings. The average molecular weight is 983 g/mol.